The minimum atomic E-state index is 1.08. The third-order valence-corrected chi connectivity index (χ3v) is 13.1. The Morgan fingerprint density at radius 2 is 0.585 bits per heavy atom. The second-order valence-corrected chi connectivity index (χ2v) is 16.9. The van der Waals surface area contributed by atoms with Crippen molar-refractivity contribution in [1.29, 1.82) is 0 Å². The van der Waals surface area contributed by atoms with Crippen LogP contribution in [0.25, 0.3) is 98.7 Å². The van der Waals surface area contributed by atoms with Crippen LogP contribution in [0.2, 0.25) is 0 Å². The summed E-state index contributed by atoms with van der Waals surface area (Å²) in [7, 11) is 0. The van der Waals surface area contributed by atoms with E-state index in [1.54, 1.807) is 0 Å². The highest BCUT2D eigenvalue weighted by atomic mass is 15.1. The van der Waals surface area contributed by atoms with Crippen LogP contribution in [0.1, 0.15) is 0 Å². The fourth-order valence-corrected chi connectivity index (χ4v) is 9.77. The highest BCUT2D eigenvalue weighted by molar-refractivity contribution is 6.04. The normalized spacial score (nSPS) is 11.4. The smallest absolute Gasteiger partial charge is 0.0546 e. The highest BCUT2D eigenvalue weighted by Gasteiger charge is 2.21. The van der Waals surface area contributed by atoms with Crippen LogP contribution in [0.15, 0.2) is 261 Å². The molecule has 0 bridgehead atoms. The number of benzene rings is 12. The summed E-state index contributed by atoms with van der Waals surface area (Å²) < 4.78 is 0. The number of fused-ring (bicyclic) bond motifs is 4. The van der Waals surface area contributed by atoms with E-state index in [1.165, 1.54) is 93.2 Å². The molecular weight excluding hydrogens is 783 g/mol. The summed E-state index contributed by atoms with van der Waals surface area (Å²) in [4.78, 5) is 2.45. The summed E-state index contributed by atoms with van der Waals surface area (Å²) >= 11 is 0. The van der Waals surface area contributed by atoms with Crippen LogP contribution in [0.5, 0.6) is 0 Å². The quantitative estimate of drug-likeness (QED) is 0.148. The number of rotatable bonds is 8. The van der Waals surface area contributed by atoms with Crippen molar-refractivity contribution in [1.82, 2.24) is 0 Å². The number of hydrogen-bond acceptors (Lipinski definition) is 1. The molecule has 0 amide bonds. The lowest BCUT2D eigenvalue weighted by molar-refractivity contribution is 1.28. The molecule has 0 aliphatic rings. The molecule has 304 valence electrons. The van der Waals surface area contributed by atoms with Crippen molar-refractivity contribution < 1.29 is 0 Å². The predicted octanol–water partition coefficient (Wildman–Crippen LogP) is 18.1. The summed E-state index contributed by atoms with van der Waals surface area (Å²) in [6.45, 7) is 0. The van der Waals surface area contributed by atoms with E-state index in [2.05, 4.69) is 266 Å². The van der Waals surface area contributed by atoms with Gasteiger partial charge in [-0.3, -0.25) is 0 Å². The first-order valence-corrected chi connectivity index (χ1v) is 22.4. The molecule has 0 aliphatic carbocycles. The highest BCUT2D eigenvalue weighted by Crippen LogP contribution is 2.46. The van der Waals surface area contributed by atoms with Crippen molar-refractivity contribution in [3.63, 3.8) is 0 Å². The standard InChI is InChI=1S/C64H43N/c1-2-16-52-42-53(31-28-44(52)12-1)47-34-39-56(40-35-47)65(55-37-32-46(33-38-55)45-26-29-51(30-27-45)59-23-9-17-48-13-3-6-20-57(48)59)64-43-54(61-24-10-18-49-14-4-7-21-58(49)61)36-41-63(64)62-25-11-19-50-15-5-8-22-60(50)62/h1-43H. The third kappa shape index (κ3) is 7.10. The first-order valence-electron chi connectivity index (χ1n) is 22.4. The maximum Gasteiger partial charge on any atom is 0.0546 e. The molecule has 12 aromatic rings. The third-order valence-electron chi connectivity index (χ3n) is 13.1. The minimum absolute atomic E-state index is 1.08. The molecule has 0 aliphatic heterocycles. The number of nitrogens with zero attached hydrogens (tertiary/aromatic N) is 1. The van der Waals surface area contributed by atoms with Gasteiger partial charge in [-0.2, -0.15) is 0 Å². The molecule has 0 saturated heterocycles. The molecule has 1 nitrogen and oxygen atoms in total. The Labute approximate surface area is 379 Å². The fourth-order valence-electron chi connectivity index (χ4n) is 9.77. The Balaban J connectivity index is 1.01. The second-order valence-electron chi connectivity index (χ2n) is 16.9. The summed E-state index contributed by atoms with van der Waals surface area (Å²) in [6, 6.07) is 95.4. The average molecular weight is 826 g/mol. The van der Waals surface area contributed by atoms with Crippen molar-refractivity contribution in [3.8, 4) is 55.6 Å². The van der Waals surface area contributed by atoms with Crippen LogP contribution in [-0.4, -0.2) is 0 Å². The first kappa shape index (κ1) is 38.2. The minimum Gasteiger partial charge on any atom is -0.310 e. The maximum absolute atomic E-state index is 2.45. The van der Waals surface area contributed by atoms with E-state index in [4.69, 9.17) is 0 Å². The molecule has 12 aromatic carbocycles. The topological polar surface area (TPSA) is 3.24 Å². The van der Waals surface area contributed by atoms with Crippen LogP contribution in [-0.2, 0) is 0 Å². The van der Waals surface area contributed by atoms with Crippen LogP contribution >= 0.6 is 0 Å². The van der Waals surface area contributed by atoms with Gasteiger partial charge in [-0.15, -0.1) is 0 Å². The summed E-state index contributed by atoms with van der Waals surface area (Å²) in [6.07, 6.45) is 0. The van der Waals surface area contributed by atoms with Gasteiger partial charge >= 0.3 is 0 Å². The van der Waals surface area contributed by atoms with Gasteiger partial charge in [0.25, 0.3) is 0 Å². The van der Waals surface area contributed by atoms with Gasteiger partial charge in [0.15, 0.2) is 0 Å². The van der Waals surface area contributed by atoms with Crippen molar-refractivity contribution in [3.05, 3.63) is 261 Å². The molecule has 0 unspecified atom stereocenters. The van der Waals surface area contributed by atoms with Crippen LogP contribution in [0.3, 0.4) is 0 Å². The molecule has 0 heterocycles. The summed E-state index contributed by atoms with van der Waals surface area (Å²) in [5.41, 5.74) is 15.2. The molecule has 0 N–H and O–H groups in total. The first-order chi connectivity index (χ1) is 32.2. The van der Waals surface area contributed by atoms with Gasteiger partial charge in [0.2, 0.25) is 0 Å². The zero-order chi connectivity index (χ0) is 43.1. The van der Waals surface area contributed by atoms with E-state index in [0.29, 0.717) is 0 Å². The van der Waals surface area contributed by atoms with E-state index in [0.717, 1.165) is 22.6 Å². The van der Waals surface area contributed by atoms with Crippen LogP contribution in [0.4, 0.5) is 17.1 Å². The van der Waals surface area contributed by atoms with E-state index in [1.807, 2.05) is 0 Å². The fraction of sp³-hybridized carbons (Fsp3) is 0. The lowest BCUT2D eigenvalue weighted by Crippen LogP contribution is -2.11. The average Bonchev–Trinajstić information content (AvgIpc) is 3.38. The van der Waals surface area contributed by atoms with E-state index in [9.17, 15) is 0 Å². The van der Waals surface area contributed by atoms with Gasteiger partial charge < -0.3 is 4.90 Å². The van der Waals surface area contributed by atoms with Crippen molar-refractivity contribution in [2.75, 3.05) is 4.90 Å². The molecule has 0 aromatic heterocycles. The van der Waals surface area contributed by atoms with Crippen molar-refractivity contribution in [2.45, 2.75) is 0 Å². The zero-order valence-corrected chi connectivity index (χ0v) is 35.8. The Morgan fingerprint density at radius 1 is 0.200 bits per heavy atom. The Kier molecular flexibility index (Phi) is 9.58. The maximum atomic E-state index is 2.45. The van der Waals surface area contributed by atoms with Gasteiger partial charge in [0.1, 0.15) is 0 Å². The molecule has 65 heavy (non-hydrogen) atoms. The molecule has 0 atom stereocenters. The predicted molar refractivity (Wildman–Crippen MR) is 278 cm³/mol. The molecule has 0 radical (unpaired) electrons. The molecule has 0 spiro atoms. The Morgan fingerprint density at radius 3 is 1.15 bits per heavy atom. The van der Waals surface area contributed by atoms with Crippen LogP contribution in [0, 0.1) is 0 Å². The van der Waals surface area contributed by atoms with Crippen LogP contribution < -0.4 is 4.90 Å². The van der Waals surface area contributed by atoms with Gasteiger partial charge in [-0.25, -0.2) is 0 Å². The van der Waals surface area contributed by atoms with Gasteiger partial charge in [0, 0.05) is 16.9 Å². The lowest BCUT2D eigenvalue weighted by atomic mass is 9.92. The largest absolute Gasteiger partial charge is 0.310 e. The summed E-state index contributed by atoms with van der Waals surface area (Å²) in [5.74, 6) is 0. The van der Waals surface area contributed by atoms with Gasteiger partial charge in [0.05, 0.1) is 5.69 Å². The summed E-state index contributed by atoms with van der Waals surface area (Å²) in [5, 5.41) is 9.92. The molecule has 1 heteroatoms. The van der Waals surface area contributed by atoms with Gasteiger partial charge in [-0.05, 0) is 130 Å². The van der Waals surface area contributed by atoms with Crippen molar-refractivity contribution >= 4 is 60.2 Å². The van der Waals surface area contributed by atoms with Gasteiger partial charge in [-0.1, -0.05) is 224 Å². The van der Waals surface area contributed by atoms with E-state index < -0.39 is 0 Å². The Bertz CT molecular complexity index is 3680. The number of hydrogen-bond donors (Lipinski definition) is 0. The molecular formula is C64H43N. The van der Waals surface area contributed by atoms with E-state index >= 15 is 0 Å². The SMILES string of the molecule is c1ccc2cc(-c3ccc(N(c4ccc(-c5ccc(-c6cccc7ccccc67)cc5)cc4)c4cc(-c5cccc6ccccc56)ccc4-c4cccc5ccccc45)cc3)ccc2c1. The molecule has 12 rings (SSSR count). The molecule has 0 saturated carbocycles. The zero-order valence-electron chi connectivity index (χ0n) is 35.8. The lowest BCUT2D eigenvalue weighted by Gasteiger charge is -2.29. The number of anilines is 3. The second kappa shape index (κ2) is 16.3. The van der Waals surface area contributed by atoms with E-state index in [-0.39, 0.29) is 0 Å². The molecule has 0 fully saturated rings. The monoisotopic (exact) mass is 825 g/mol. The van der Waals surface area contributed by atoms with Crippen molar-refractivity contribution in [2.24, 2.45) is 0 Å². The Hall–Kier alpha value is -8.52.